The lowest BCUT2D eigenvalue weighted by atomic mass is 9.97. The summed E-state index contributed by atoms with van der Waals surface area (Å²) >= 11 is 0. The first kappa shape index (κ1) is 30.1. The molecule has 3 aromatic carbocycles. The van der Waals surface area contributed by atoms with Gasteiger partial charge in [0.15, 0.2) is 27.2 Å². The van der Waals surface area contributed by atoms with Crippen molar-refractivity contribution in [3.63, 3.8) is 0 Å². The Hall–Kier alpha value is -4.36. The van der Waals surface area contributed by atoms with E-state index in [2.05, 4.69) is 9.97 Å². The van der Waals surface area contributed by atoms with Crippen molar-refractivity contribution >= 4 is 9.84 Å². The van der Waals surface area contributed by atoms with Crippen LogP contribution < -0.4 is 0 Å². The van der Waals surface area contributed by atoms with E-state index in [0.717, 1.165) is 18.5 Å². The van der Waals surface area contributed by atoms with Crippen LogP contribution in [0, 0.1) is 32.4 Å². The SMILES string of the molecule is Cc1nc(-c2cc(-c3cc(F)c(CO)c(S(C)(=O)=O)c3)ccc2-n2cc(C(F)(F)F)nc2C)c(-c2ccc(C)c(F)c2)o1. The topological polar surface area (TPSA) is 98.2 Å². The quantitative estimate of drug-likeness (QED) is 0.207. The second-order valence-corrected chi connectivity index (χ2v) is 12.0. The minimum absolute atomic E-state index is 0.00202. The molecule has 1 N–H and O–H groups in total. The van der Waals surface area contributed by atoms with Crippen molar-refractivity contribution in [3.8, 4) is 39.4 Å². The summed E-state index contributed by atoms with van der Waals surface area (Å²) in [7, 11) is -3.96. The highest BCUT2D eigenvalue weighted by Crippen LogP contribution is 2.40. The van der Waals surface area contributed by atoms with Crippen LogP contribution in [0.1, 0.15) is 28.5 Å². The smallest absolute Gasteiger partial charge is 0.434 e. The van der Waals surface area contributed by atoms with Crippen LogP contribution in [0.2, 0.25) is 0 Å². The standard InChI is InChI=1S/C30H24F5N3O4S/c1-15-5-6-19(10-23(15)31)29-28(37-17(3)42-29)21-9-18(20-11-24(32)22(14-39)26(12-20)43(4,40)41)7-8-25(21)38-13-27(30(33,34)35)36-16(38)2/h5-13,39H,14H2,1-4H3. The molecule has 7 nitrogen and oxygen atoms in total. The Bertz CT molecular complexity index is 2000. The first-order valence-corrected chi connectivity index (χ1v) is 14.6. The van der Waals surface area contributed by atoms with Crippen LogP contribution >= 0.6 is 0 Å². The predicted molar refractivity (Wildman–Crippen MR) is 148 cm³/mol. The van der Waals surface area contributed by atoms with E-state index < -0.39 is 50.4 Å². The molecule has 0 aliphatic heterocycles. The Labute approximate surface area is 243 Å². The molecule has 2 aromatic heterocycles. The maximum absolute atomic E-state index is 15.0. The van der Waals surface area contributed by atoms with Crippen LogP contribution in [-0.2, 0) is 22.6 Å². The molecule has 0 radical (unpaired) electrons. The van der Waals surface area contributed by atoms with Gasteiger partial charge in [0, 0.05) is 36.1 Å². The van der Waals surface area contributed by atoms with Gasteiger partial charge in [-0.25, -0.2) is 27.2 Å². The second kappa shape index (κ2) is 10.7. The van der Waals surface area contributed by atoms with E-state index in [1.807, 2.05) is 0 Å². The summed E-state index contributed by atoms with van der Waals surface area (Å²) in [5.74, 6) is -1.17. The number of benzene rings is 3. The van der Waals surface area contributed by atoms with Gasteiger partial charge >= 0.3 is 6.18 Å². The molecule has 0 amide bonds. The molecule has 0 unspecified atom stereocenters. The van der Waals surface area contributed by atoms with Gasteiger partial charge in [-0.05, 0) is 60.9 Å². The number of aliphatic hydroxyl groups excluding tert-OH is 1. The number of hydrogen-bond donors (Lipinski definition) is 1. The van der Waals surface area contributed by atoms with Crippen molar-refractivity contribution in [1.29, 1.82) is 0 Å². The third-order valence-electron chi connectivity index (χ3n) is 6.90. The van der Waals surface area contributed by atoms with E-state index in [1.165, 1.54) is 47.9 Å². The number of sulfone groups is 1. The third-order valence-corrected chi connectivity index (χ3v) is 8.06. The van der Waals surface area contributed by atoms with Crippen molar-refractivity contribution in [2.75, 3.05) is 6.26 Å². The minimum atomic E-state index is -4.72. The van der Waals surface area contributed by atoms with E-state index in [4.69, 9.17) is 4.42 Å². The van der Waals surface area contributed by atoms with Crippen LogP contribution in [0.25, 0.3) is 39.4 Å². The van der Waals surface area contributed by atoms with Crippen molar-refractivity contribution in [2.45, 2.75) is 38.4 Å². The highest BCUT2D eigenvalue weighted by molar-refractivity contribution is 7.90. The lowest BCUT2D eigenvalue weighted by molar-refractivity contribution is -0.141. The molecule has 43 heavy (non-hydrogen) atoms. The number of halogens is 5. The molecule has 0 aliphatic carbocycles. The van der Waals surface area contributed by atoms with E-state index in [0.29, 0.717) is 11.1 Å². The molecule has 2 heterocycles. The summed E-state index contributed by atoms with van der Waals surface area (Å²) in [4.78, 5) is 7.71. The molecular formula is C30H24F5N3O4S. The predicted octanol–water partition coefficient (Wildman–Crippen LogP) is 6.98. The number of oxazole rings is 1. The monoisotopic (exact) mass is 617 g/mol. The number of nitrogens with zero attached hydrogens (tertiary/aromatic N) is 3. The van der Waals surface area contributed by atoms with E-state index >= 15 is 4.39 Å². The van der Waals surface area contributed by atoms with Crippen LogP contribution in [0.4, 0.5) is 22.0 Å². The first-order chi connectivity index (χ1) is 20.1. The Morgan fingerprint density at radius 3 is 2.19 bits per heavy atom. The number of rotatable bonds is 6. The zero-order valence-electron chi connectivity index (χ0n) is 23.2. The summed E-state index contributed by atoms with van der Waals surface area (Å²) in [6.45, 7) is 3.67. The van der Waals surface area contributed by atoms with Crippen LogP contribution in [0.5, 0.6) is 0 Å². The van der Waals surface area contributed by atoms with Crippen LogP contribution in [-0.4, -0.2) is 34.3 Å². The normalized spacial score (nSPS) is 12.2. The summed E-state index contributed by atoms with van der Waals surface area (Å²) in [6.07, 6.45) is -3.02. The van der Waals surface area contributed by atoms with Gasteiger partial charge in [-0.15, -0.1) is 0 Å². The zero-order chi connectivity index (χ0) is 31.4. The van der Waals surface area contributed by atoms with Gasteiger partial charge in [0.05, 0.1) is 17.2 Å². The van der Waals surface area contributed by atoms with Crippen LogP contribution in [0.15, 0.2) is 64.0 Å². The molecule has 224 valence electrons. The van der Waals surface area contributed by atoms with E-state index in [-0.39, 0.29) is 45.5 Å². The lowest BCUT2D eigenvalue weighted by Gasteiger charge is -2.15. The maximum atomic E-state index is 15.0. The molecule has 5 aromatic rings. The number of aliphatic hydroxyl groups is 1. The Kier molecular flexibility index (Phi) is 7.51. The third kappa shape index (κ3) is 5.69. The van der Waals surface area contributed by atoms with E-state index in [1.54, 1.807) is 19.9 Å². The van der Waals surface area contributed by atoms with Crippen molar-refractivity contribution in [3.05, 3.63) is 94.9 Å². The molecule has 0 spiro atoms. The number of aromatic nitrogens is 3. The molecule has 0 atom stereocenters. The van der Waals surface area contributed by atoms with Gasteiger partial charge in [-0.3, -0.25) is 0 Å². The Morgan fingerprint density at radius 2 is 1.58 bits per heavy atom. The average Bonchev–Trinajstić information content (AvgIpc) is 3.51. The maximum Gasteiger partial charge on any atom is 0.434 e. The molecule has 0 fully saturated rings. The largest absolute Gasteiger partial charge is 0.440 e. The molecule has 0 saturated carbocycles. The minimum Gasteiger partial charge on any atom is -0.440 e. The second-order valence-electron chi connectivity index (χ2n) is 10.0. The fourth-order valence-corrected chi connectivity index (χ4v) is 5.72. The van der Waals surface area contributed by atoms with E-state index in [9.17, 15) is 31.1 Å². The van der Waals surface area contributed by atoms with Crippen molar-refractivity contribution in [2.24, 2.45) is 0 Å². The summed E-state index contributed by atoms with van der Waals surface area (Å²) in [5, 5.41) is 9.60. The summed E-state index contributed by atoms with van der Waals surface area (Å²) in [6, 6.07) is 11.1. The first-order valence-electron chi connectivity index (χ1n) is 12.7. The number of hydrogen-bond acceptors (Lipinski definition) is 6. The molecule has 0 aliphatic rings. The van der Waals surface area contributed by atoms with Gasteiger partial charge < -0.3 is 14.1 Å². The Balaban J connectivity index is 1.81. The lowest BCUT2D eigenvalue weighted by Crippen LogP contribution is -2.06. The zero-order valence-corrected chi connectivity index (χ0v) is 24.0. The molecule has 0 bridgehead atoms. The molecule has 5 rings (SSSR count). The van der Waals surface area contributed by atoms with Gasteiger partial charge in [-0.1, -0.05) is 18.2 Å². The van der Waals surface area contributed by atoms with Gasteiger partial charge in [0.2, 0.25) is 0 Å². The number of imidazole rings is 1. The molecule has 13 heteroatoms. The Morgan fingerprint density at radius 1 is 0.907 bits per heavy atom. The van der Waals surface area contributed by atoms with Crippen molar-refractivity contribution < 1.29 is 39.9 Å². The fourth-order valence-electron chi connectivity index (χ4n) is 4.77. The van der Waals surface area contributed by atoms with Crippen molar-refractivity contribution in [1.82, 2.24) is 14.5 Å². The number of alkyl halides is 3. The van der Waals surface area contributed by atoms with Gasteiger partial charge in [0.25, 0.3) is 0 Å². The highest BCUT2D eigenvalue weighted by atomic mass is 32.2. The molecule has 0 saturated heterocycles. The summed E-state index contributed by atoms with van der Waals surface area (Å²) < 4.78 is 102. The number of aryl methyl sites for hydroxylation is 3. The van der Waals surface area contributed by atoms with Crippen LogP contribution in [0.3, 0.4) is 0 Å². The van der Waals surface area contributed by atoms with Gasteiger partial charge in [0.1, 0.15) is 23.2 Å². The van der Waals surface area contributed by atoms with Gasteiger partial charge in [-0.2, -0.15) is 13.2 Å². The average molecular weight is 618 g/mol. The fraction of sp³-hybridized carbons (Fsp3) is 0.200. The summed E-state index contributed by atoms with van der Waals surface area (Å²) in [5.41, 5.74) is 0.125. The molecular weight excluding hydrogens is 593 g/mol. The highest BCUT2D eigenvalue weighted by Gasteiger charge is 2.35.